The van der Waals surface area contributed by atoms with Crippen molar-refractivity contribution in [2.24, 2.45) is 4.99 Å². The molecule has 1 spiro atoms. The fraction of sp³-hybridized carbons (Fsp3) is 0.194. The van der Waals surface area contributed by atoms with Gasteiger partial charge in [0.1, 0.15) is 11.4 Å². The maximum Gasteiger partial charge on any atom is 0.228 e. The SMILES string of the molecule is Cc1ccc(N(c2ccc(C)cc2)c2ccc3c(c2)C(C)(C)C2(C=Nc4c(ccc5ccccc45)O2)N3C)cc1. The molecule has 2 aliphatic heterocycles. The van der Waals surface area contributed by atoms with Crippen LogP contribution in [0.15, 0.2) is 108 Å². The molecule has 40 heavy (non-hydrogen) atoms. The lowest BCUT2D eigenvalue weighted by molar-refractivity contribution is 0.0827. The molecule has 1 unspecified atom stereocenters. The van der Waals surface area contributed by atoms with Crippen LogP contribution in [0, 0.1) is 13.8 Å². The quantitative estimate of drug-likeness (QED) is 0.236. The minimum Gasteiger partial charge on any atom is -0.459 e. The van der Waals surface area contributed by atoms with E-state index in [1.54, 1.807) is 0 Å². The van der Waals surface area contributed by atoms with Gasteiger partial charge >= 0.3 is 0 Å². The summed E-state index contributed by atoms with van der Waals surface area (Å²) in [6, 6.07) is 36.8. The van der Waals surface area contributed by atoms with Crippen LogP contribution >= 0.6 is 0 Å². The van der Waals surface area contributed by atoms with Gasteiger partial charge in [-0.25, -0.2) is 0 Å². The standard InChI is InChI=1S/C36H33N3O/c1-24-10-15-27(16-11-24)39(28-17-12-25(2)13-18-28)29-19-20-32-31(22-29)35(3,4)36(38(32)5)23-37-34-30-9-7-6-8-26(30)14-21-33(34)40-36/h6-23H,1-5H3. The number of likely N-dealkylation sites (N-methyl/N-ethyl adjacent to an activating group) is 1. The first-order valence-corrected chi connectivity index (χ1v) is 13.9. The van der Waals surface area contributed by atoms with Crippen molar-refractivity contribution in [3.63, 3.8) is 0 Å². The largest absolute Gasteiger partial charge is 0.459 e. The number of hydrogen-bond acceptors (Lipinski definition) is 4. The van der Waals surface area contributed by atoms with Crippen LogP contribution in [0.3, 0.4) is 0 Å². The van der Waals surface area contributed by atoms with Crippen LogP contribution in [0.4, 0.5) is 28.4 Å². The second-order valence-electron chi connectivity index (χ2n) is 11.6. The lowest BCUT2D eigenvalue weighted by Crippen LogP contribution is -2.61. The van der Waals surface area contributed by atoms with Crippen LogP contribution in [-0.4, -0.2) is 19.0 Å². The van der Waals surface area contributed by atoms with Gasteiger partial charge in [-0.15, -0.1) is 0 Å². The lowest BCUT2D eigenvalue weighted by atomic mass is 9.77. The normalized spacial score (nSPS) is 18.5. The van der Waals surface area contributed by atoms with Crippen LogP contribution in [0.5, 0.6) is 5.75 Å². The summed E-state index contributed by atoms with van der Waals surface area (Å²) in [5.74, 6) is 0.815. The number of aryl methyl sites for hydroxylation is 2. The number of aliphatic imine (C=N–C) groups is 1. The van der Waals surface area contributed by atoms with Gasteiger partial charge < -0.3 is 14.5 Å². The molecule has 0 saturated heterocycles. The maximum absolute atomic E-state index is 6.96. The first-order valence-electron chi connectivity index (χ1n) is 13.9. The predicted molar refractivity (Wildman–Crippen MR) is 167 cm³/mol. The van der Waals surface area contributed by atoms with Crippen molar-refractivity contribution in [1.29, 1.82) is 0 Å². The fourth-order valence-corrected chi connectivity index (χ4v) is 6.32. The molecule has 0 aromatic heterocycles. The van der Waals surface area contributed by atoms with Gasteiger partial charge in [0, 0.05) is 35.2 Å². The van der Waals surface area contributed by atoms with Crippen molar-refractivity contribution in [3.8, 4) is 5.75 Å². The summed E-state index contributed by atoms with van der Waals surface area (Å²) in [7, 11) is 2.11. The molecular formula is C36H33N3O. The van der Waals surface area contributed by atoms with Crippen molar-refractivity contribution >= 4 is 45.4 Å². The number of ether oxygens (including phenoxy) is 1. The van der Waals surface area contributed by atoms with E-state index in [0.717, 1.165) is 45.0 Å². The minimum atomic E-state index is -0.748. The lowest BCUT2D eigenvalue weighted by Gasteiger charge is -2.45. The highest BCUT2D eigenvalue weighted by Gasteiger charge is 2.58. The zero-order chi connectivity index (χ0) is 27.6. The molecule has 5 aromatic carbocycles. The molecule has 0 radical (unpaired) electrons. The number of rotatable bonds is 3. The monoisotopic (exact) mass is 523 g/mol. The summed E-state index contributed by atoms with van der Waals surface area (Å²) in [5.41, 5.74) is 8.01. The van der Waals surface area contributed by atoms with Gasteiger partial charge in [-0.3, -0.25) is 4.99 Å². The molecule has 0 aliphatic carbocycles. The highest BCUT2D eigenvalue weighted by Crippen LogP contribution is 2.55. The summed E-state index contributed by atoms with van der Waals surface area (Å²) in [6.07, 6.45) is 2.01. The van der Waals surface area contributed by atoms with Crippen LogP contribution in [0.2, 0.25) is 0 Å². The fourth-order valence-electron chi connectivity index (χ4n) is 6.32. The molecule has 0 bridgehead atoms. The predicted octanol–water partition coefficient (Wildman–Crippen LogP) is 9.15. The van der Waals surface area contributed by atoms with Gasteiger partial charge in [-0.2, -0.15) is 0 Å². The summed E-state index contributed by atoms with van der Waals surface area (Å²) in [6.45, 7) is 8.78. The second-order valence-corrected chi connectivity index (χ2v) is 11.6. The molecule has 4 nitrogen and oxygen atoms in total. The Balaban J connectivity index is 1.34. The first kappa shape index (κ1) is 24.5. The average molecular weight is 524 g/mol. The van der Waals surface area contributed by atoms with E-state index in [4.69, 9.17) is 9.73 Å². The van der Waals surface area contributed by atoms with E-state index in [0.29, 0.717) is 0 Å². The van der Waals surface area contributed by atoms with E-state index in [9.17, 15) is 0 Å². The average Bonchev–Trinajstić information content (AvgIpc) is 3.12. The third-order valence-electron chi connectivity index (χ3n) is 8.75. The Bertz CT molecular complexity index is 1740. The molecule has 2 heterocycles. The smallest absolute Gasteiger partial charge is 0.228 e. The zero-order valence-corrected chi connectivity index (χ0v) is 23.6. The molecule has 0 amide bonds. The minimum absolute atomic E-state index is 0.383. The Labute approximate surface area is 236 Å². The van der Waals surface area contributed by atoms with E-state index < -0.39 is 5.72 Å². The highest BCUT2D eigenvalue weighted by molar-refractivity contribution is 6.00. The van der Waals surface area contributed by atoms with Gasteiger partial charge in [-0.1, -0.05) is 65.7 Å². The molecule has 0 fully saturated rings. The summed E-state index contributed by atoms with van der Waals surface area (Å²) < 4.78 is 6.96. The van der Waals surface area contributed by atoms with Crippen LogP contribution in [0.1, 0.15) is 30.5 Å². The molecule has 1 atom stereocenters. The number of benzene rings is 5. The van der Waals surface area contributed by atoms with Crippen LogP contribution in [0.25, 0.3) is 10.8 Å². The molecule has 0 saturated carbocycles. The van der Waals surface area contributed by atoms with Crippen molar-refractivity contribution in [2.45, 2.75) is 38.8 Å². The molecule has 2 aliphatic rings. The number of fused-ring (bicyclic) bond motifs is 4. The number of nitrogens with zero attached hydrogens (tertiary/aromatic N) is 3. The Morgan fingerprint density at radius 1 is 0.725 bits per heavy atom. The molecule has 198 valence electrons. The molecule has 5 aromatic rings. The third-order valence-corrected chi connectivity index (χ3v) is 8.75. The summed E-state index contributed by atoms with van der Waals surface area (Å²) in [5, 5.41) is 2.27. The second kappa shape index (κ2) is 8.72. The Morgan fingerprint density at radius 3 is 2.02 bits per heavy atom. The topological polar surface area (TPSA) is 28.1 Å². The Morgan fingerprint density at radius 2 is 1.35 bits per heavy atom. The van der Waals surface area contributed by atoms with Crippen LogP contribution in [-0.2, 0) is 5.41 Å². The summed E-state index contributed by atoms with van der Waals surface area (Å²) >= 11 is 0. The molecule has 4 heteroatoms. The first-order chi connectivity index (χ1) is 19.3. The van der Waals surface area contributed by atoms with Gasteiger partial charge in [0.05, 0.1) is 11.6 Å². The van der Waals surface area contributed by atoms with Gasteiger partial charge in [0.2, 0.25) is 5.72 Å². The van der Waals surface area contributed by atoms with E-state index in [2.05, 4.69) is 148 Å². The molecule has 7 rings (SSSR count). The maximum atomic E-state index is 6.96. The van der Waals surface area contributed by atoms with Crippen molar-refractivity contribution in [3.05, 3.63) is 120 Å². The summed E-state index contributed by atoms with van der Waals surface area (Å²) in [4.78, 5) is 9.63. The Hall–Kier alpha value is -4.57. The number of anilines is 4. The zero-order valence-electron chi connectivity index (χ0n) is 23.6. The van der Waals surface area contributed by atoms with Crippen molar-refractivity contribution in [2.75, 3.05) is 16.8 Å². The van der Waals surface area contributed by atoms with Gasteiger partial charge in [-0.05, 0) is 87.2 Å². The van der Waals surface area contributed by atoms with E-state index in [-0.39, 0.29) is 5.41 Å². The van der Waals surface area contributed by atoms with E-state index >= 15 is 0 Å². The van der Waals surface area contributed by atoms with Gasteiger partial charge in [0.15, 0.2) is 0 Å². The highest BCUT2D eigenvalue weighted by atomic mass is 16.5. The van der Waals surface area contributed by atoms with E-state index in [1.807, 2.05) is 6.21 Å². The Kier molecular flexibility index (Phi) is 5.33. The molecular weight excluding hydrogens is 490 g/mol. The van der Waals surface area contributed by atoms with E-state index in [1.165, 1.54) is 16.7 Å². The van der Waals surface area contributed by atoms with Crippen LogP contribution < -0.4 is 14.5 Å². The third kappa shape index (κ3) is 3.49. The molecule has 0 N–H and O–H groups in total. The van der Waals surface area contributed by atoms with Gasteiger partial charge in [0.25, 0.3) is 0 Å². The van der Waals surface area contributed by atoms with Crippen molar-refractivity contribution < 1.29 is 4.74 Å². The van der Waals surface area contributed by atoms with Crippen molar-refractivity contribution in [1.82, 2.24) is 0 Å². The number of hydrogen-bond donors (Lipinski definition) is 0.